The zero-order chi connectivity index (χ0) is 14.5. The van der Waals surface area contributed by atoms with Crippen LogP contribution in [0.2, 0.25) is 0 Å². The lowest BCUT2D eigenvalue weighted by atomic mass is 10.1. The summed E-state index contributed by atoms with van der Waals surface area (Å²) in [5.74, 6) is 0.514. The van der Waals surface area contributed by atoms with Crippen molar-refractivity contribution in [3.05, 3.63) is 23.8 Å². The third-order valence-electron chi connectivity index (χ3n) is 3.96. The number of fused-ring (bicyclic) bond motifs is 1. The van der Waals surface area contributed by atoms with Gasteiger partial charge in [0.05, 0.1) is 5.69 Å². The highest BCUT2D eigenvalue weighted by molar-refractivity contribution is 7.90. The van der Waals surface area contributed by atoms with Crippen molar-refractivity contribution < 1.29 is 13.2 Å². The van der Waals surface area contributed by atoms with E-state index in [1.807, 2.05) is 13.0 Å². The Hall–Kier alpha value is -1.60. The van der Waals surface area contributed by atoms with Gasteiger partial charge in [-0.05, 0) is 36.5 Å². The SMILES string of the molecule is C[C@H]1C[C@@H]1C(=O)Nc1ccc2c(c1)N(S(N)(=O)=O)CC2. The molecule has 3 rings (SSSR count). The highest BCUT2D eigenvalue weighted by Crippen LogP contribution is 2.39. The number of nitrogens with one attached hydrogen (secondary N) is 1. The van der Waals surface area contributed by atoms with Gasteiger partial charge in [0.1, 0.15) is 0 Å². The summed E-state index contributed by atoms with van der Waals surface area (Å²) < 4.78 is 24.2. The van der Waals surface area contributed by atoms with Crippen molar-refractivity contribution in [1.29, 1.82) is 0 Å². The van der Waals surface area contributed by atoms with Crippen molar-refractivity contribution in [3.8, 4) is 0 Å². The smallest absolute Gasteiger partial charge is 0.299 e. The van der Waals surface area contributed by atoms with Gasteiger partial charge in [0.25, 0.3) is 10.2 Å². The Kier molecular flexibility index (Phi) is 2.98. The Labute approximate surface area is 118 Å². The summed E-state index contributed by atoms with van der Waals surface area (Å²) in [6, 6.07) is 5.32. The molecule has 2 aliphatic rings. The second-order valence-electron chi connectivity index (χ2n) is 5.52. The number of hydrogen-bond acceptors (Lipinski definition) is 3. The van der Waals surface area contributed by atoms with Crippen molar-refractivity contribution in [3.63, 3.8) is 0 Å². The summed E-state index contributed by atoms with van der Waals surface area (Å²) in [5, 5.41) is 8.03. The van der Waals surface area contributed by atoms with Crippen molar-refractivity contribution in [2.45, 2.75) is 19.8 Å². The first kappa shape index (κ1) is 13.4. The Morgan fingerprint density at radius 2 is 2.15 bits per heavy atom. The standard InChI is InChI=1S/C13H17N3O3S/c1-8-6-11(8)13(17)15-10-3-2-9-4-5-16(12(9)7-10)20(14,18)19/h2-3,7-8,11H,4-6H2,1H3,(H,15,17)(H2,14,18,19)/t8-,11-/m0/s1. The minimum absolute atomic E-state index is 0.00222. The number of rotatable bonds is 3. The van der Waals surface area contributed by atoms with Crippen molar-refractivity contribution in [1.82, 2.24) is 0 Å². The first-order valence-corrected chi connectivity index (χ1v) is 8.11. The number of hydrogen-bond donors (Lipinski definition) is 2. The molecule has 0 bridgehead atoms. The van der Waals surface area contributed by atoms with Gasteiger partial charge in [-0.25, -0.2) is 5.14 Å². The maximum atomic E-state index is 11.9. The van der Waals surface area contributed by atoms with E-state index in [1.165, 1.54) is 4.31 Å². The molecule has 1 saturated carbocycles. The molecule has 3 N–H and O–H groups in total. The van der Waals surface area contributed by atoms with E-state index in [4.69, 9.17) is 5.14 Å². The largest absolute Gasteiger partial charge is 0.326 e. The Morgan fingerprint density at radius 1 is 1.45 bits per heavy atom. The molecule has 0 radical (unpaired) electrons. The molecule has 0 aromatic heterocycles. The Balaban J connectivity index is 1.84. The van der Waals surface area contributed by atoms with Crippen LogP contribution in [0.1, 0.15) is 18.9 Å². The highest BCUT2D eigenvalue weighted by atomic mass is 32.2. The molecule has 7 heteroatoms. The molecule has 6 nitrogen and oxygen atoms in total. The molecule has 1 heterocycles. The number of benzene rings is 1. The molecule has 1 aromatic rings. The number of nitrogens with two attached hydrogens (primary N) is 1. The van der Waals surface area contributed by atoms with Crippen molar-refractivity contribution in [2.75, 3.05) is 16.2 Å². The van der Waals surface area contributed by atoms with Gasteiger partial charge in [-0.3, -0.25) is 9.10 Å². The molecule has 108 valence electrons. The average Bonchev–Trinajstić information content (AvgIpc) is 2.93. The predicted octanol–water partition coefficient (Wildman–Crippen LogP) is 0.847. The van der Waals surface area contributed by atoms with E-state index in [0.717, 1.165) is 12.0 Å². The minimum atomic E-state index is -3.75. The molecule has 0 unspecified atom stereocenters. The summed E-state index contributed by atoms with van der Waals surface area (Å²) in [6.07, 6.45) is 1.56. The Bertz CT molecular complexity index is 671. The number of amides is 1. The number of carbonyl (C=O) groups excluding carboxylic acids is 1. The fraction of sp³-hybridized carbons (Fsp3) is 0.462. The lowest BCUT2D eigenvalue weighted by molar-refractivity contribution is -0.117. The van der Waals surface area contributed by atoms with Crippen LogP contribution < -0.4 is 14.8 Å². The third-order valence-corrected chi connectivity index (χ3v) is 4.95. The van der Waals surface area contributed by atoms with Gasteiger partial charge >= 0.3 is 0 Å². The Morgan fingerprint density at radius 3 is 2.75 bits per heavy atom. The average molecular weight is 295 g/mol. The summed E-state index contributed by atoms with van der Waals surface area (Å²) >= 11 is 0. The molecule has 2 atom stereocenters. The topological polar surface area (TPSA) is 92.5 Å². The van der Waals surface area contributed by atoms with Crippen LogP contribution in [0.15, 0.2) is 18.2 Å². The summed E-state index contributed by atoms with van der Waals surface area (Å²) in [7, 11) is -3.75. The predicted molar refractivity (Wildman–Crippen MR) is 76.5 cm³/mol. The van der Waals surface area contributed by atoms with E-state index in [0.29, 0.717) is 30.3 Å². The lowest BCUT2D eigenvalue weighted by Gasteiger charge is -2.16. The summed E-state index contributed by atoms with van der Waals surface area (Å²) in [4.78, 5) is 11.9. The zero-order valence-corrected chi connectivity index (χ0v) is 12.0. The van der Waals surface area contributed by atoms with Crippen LogP contribution in [-0.4, -0.2) is 20.9 Å². The molecule has 0 spiro atoms. The fourth-order valence-corrected chi connectivity index (χ4v) is 3.40. The van der Waals surface area contributed by atoms with Gasteiger partial charge in [-0.1, -0.05) is 13.0 Å². The number of nitrogens with zero attached hydrogens (tertiary/aromatic N) is 1. The van der Waals surface area contributed by atoms with Crippen LogP contribution in [0.5, 0.6) is 0 Å². The van der Waals surface area contributed by atoms with Crippen LogP contribution >= 0.6 is 0 Å². The zero-order valence-electron chi connectivity index (χ0n) is 11.2. The maximum absolute atomic E-state index is 11.9. The van der Waals surface area contributed by atoms with Crippen molar-refractivity contribution >= 4 is 27.5 Å². The molecule has 0 saturated heterocycles. The van der Waals surface area contributed by atoms with Gasteiger partial charge < -0.3 is 5.32 Å². The van der Waals surface area contributed by atoms with Crippen LogP contribution in [0.4, 0.5) is 11.4 Å². The van der Waals surface area contributed by atoms with E-state index in [9.17, 15) is 13.2 Å². The second-order valence-corrected chi connectivity index (χ2v) is 6.99. The number of carbonyl (C=O) groups is 1. The van der Waals surface area contributed by atoms with E-state index < -0.39 is 10.2 Å². The van der Waals surface area contributed by atoms with E-state index in [2.05, 4.69) is 5.32 Å². The van der Waals surface area contributed by atoms with Gasteiger partial charge in [0.2, 0.25) is 5.91 Å². The van der Waals surface area contributed by atoms with E-state index in [1.54, 1.807) is 12.1 Å². The molecular formula is C13H17N3O3S. The van der Waals surface area contributed by atoms with Crippen molar-refractivity contribution in [2.24, 2.45) is 17.0 Å². The van der Waals surface area contributed by atoms with Gasteiger partial charge in [0, 0.05) is 18.2 Å². The number of anilines is 2. The first-order valence-electron chi connectivity index (χ1n) is 6.60. The molecule has 1 fully saturated rings. The molecule has 1 aliphatic carbocycles. The normalized spacial score (nSPS) is 24.4. The van der Waals surface area contributed by atoms with Crippen LogP contribution in [0.25, 0.3) is 0 Å². The monoisotopic (exact) mass is 295 g/mol. The van der Waals surface area contributed by atoms with E-state index >= 15 is 0 Å². The van der Waals surface area contributed by atoms with Gasteiger partial charge in [-0.2, -0.15) is 8.42 Å². The van der Waals surface area contributed by atoms with Gasteiger partial charge in [-0.15, -0.1) is 0 Å². The molecule has 1 aromatic carbocycles. The molecule has 20 heavy (non-hydrogen) atoms. The van der Waals surface area contributed by atoms with Gasteiger partial charge in [0.15, 0.2) is 0 Å². The molecular weight excluding hydrogens is 278 g/mol. The highest BCUT2D eigenvalue weighted by Gasteiger charge is 2.39. The first-order chi connectivity index (χ1) is 9.36. The van der Waals surface area contributed by atoms with Crippen LogP contribution in [0.3, 0.4) is 0 Å². The third kappa shape index (κ3) is 2.38. The molecule has 1 amide bonds. The van der Waals surface area contributed by atoms with E-state index in [-0.39, 0.29) is 11.8 Å². The summed E-state index contributed by atoms with van der Waals surface area (Å²) in [6.45, 7) is 2.39. The summed E-state index contributed by atoms with van der Waals surface area (Å²) in [5.41, 5.74) is 2.11. The van der Waals surface area contributed by atoms with Crippen LogP contribution in [-0.2, 0) is 21.4 Å². The molecule has 1 aliphatic heterocycles. The minimum Gasteiger partial charge on any atom is -0.326 e. The maximum Gasteiger partial charge on any atom is 0.299 e. The lowest BCUT2D eigenvalue weighted by Crippen LogP contribution is -2.35. The second kappa shape index (κ2) is 4.46. The van der Waals surface area contributed by atoms with Crippen LogP contribution in [0, 0.1) is 11.8 Å². The quantitative estimate of drug-likeness (QED) is 0.865. The fourth-order valence-electron chi connectivity index (χ4n) is 2.61.